The lowest BCUT2D eigenvalue weighted by atomic mass is 9.85. The third-order valence-corrected chi connectivity index (χ3v) is 10.7. The number of hydrogen-bond acceptors (Lipinski definition) is 7. The van der Waals surface area contributed by atoms with Crippen LogP contribution < -0.4 is 5.32 Å². The fourth-order valence-electron chi connectivity index (χ4n) is 7.59. The van der Waals surface area contributed by atoms with Crippen LogP contribution in [0.25, 0.3) is 33.2 Å². The molecule has 8 bridgehead atoms. The van der Waals surface area contributed by atoms with E-state index < -0.39 is 5.97 Å². The first kappa shape index (κ1) is 37.5. The highest BCUT2D eigenvalue weighted by Crippen LogP contribution is 2.43. The summed E-state index contributed by atoms with van der Waals surface area (Å²) >= 11 is 0. The Labute approximate surface area is 300 Å². The van der Waals surface area contributed by atoms with E-state index in [1.165, 1.54) is 19.8 Å². The Hall–Kier alpha value is -4.73. The molecule has 10 heteroatoms. The van der Waals surface area contributed by atoms with E-state index in [9.17, 15) is 14.4 Å². The number of esters is 2. The lowest BCUT2D eigenvalue weighted by Crippen LogP contribution is -2.28. The average molecular weight is 696 g/mol. The standard InChI is InChI=1S/C41H53N5O5/c1-10-13-14-15-18-42-40(48)37-38-28(16-17-35(47)50-8)24(6)31(45-38)19-29-22(4)26(11-2)33(43-29)20-30-23(5)27(12-3)34(44-30)21-32-25(7)36(39(37)46-32)41(49)51-9/h19-21,24,28,43-44H,10-18H2,1-9H3,(H,42,48)/t24-,28-/m0/s1. The highest BCUT2D eigenvalue weighted by atomic mass is 16.5. The first-order valence-corrected chi connectivity index (χ1v) is 18.4. The van der Waals surface area contributed by atoms with Crippen LogP contribution in [0.1, 0.15) is 140 Å². The monoisotopic (exact) mass is 695 g/mol. The molecular weight excluding hydrogens is 642 g/mol. The second-order valence-electron chi connectivity index (χ2n) is 13.7. The maximum atomic E-state index is 14.5. The molecular formula is C41H53N5O5. The van der Waals surface area contributed by atoms with Crippen molar-refractivity contribution in [2.75, 3.05) is 20.8 Å². The van der Waals surface area contributed by atoms with Gasteiger partial charge in [-0.1, -0.05) is 47.0 Å². The molecule has 2 atom stereocenters. The number of hydrogen-bond donors (Lipinski definition) is 3. The molecule has 2 aliphatic rings. The zero-order valence-corrected chi connectivity index (χ0v) is 31.7. The number of amides is 1. The summed E-state index contributed by atoms with van der Waals surface area (Å²) in [4.78, 5) is 58.2. The number of aromatic nitrogens is 4. The number of H-pyrrole nitrogens is 2. The first-order valence-electron chi connectivity index (χ1n) is 18.4. The van der Waals surface area contributed by atoms with E-state index in [1.807, 2.05) is 13.0 Å². The van der Waals surface area contributed by atoms with Gasteiger partial charge in [0.15, 0.2) is 0 Å². The predicted molar refractivity (Wildman–Crippen MR) is 203 cm³/mol. The molecule has 0 unspecified atom stereocenters. The number of allylic oxidation sites excluding steroid dienone is 1. The summed E-state index contributed by atoms with van der Waals surface area (Å²) in [6.45, 7) is 15.1. The molecule has 0 fully saturated rings. The zero-order valence-electron chi connectivity index (χ0n) is 31.7. The maximum Gasteiger partial charge on any atom is 0.340 e. The van der Waals surface area contributed by atoms with E-state index in [-0.39, 0.29) is 47.0 Å². The molecule has 0 radical (unpaired) electrons. The minimum atomic E-state index is -0.581. The lowest BCUT2D eigenvalue weighted by molar-refractivity contribution is -0.140. The average Bonchev–Trinajstić information content (AvgIpc) is 3.79. The molecule has 3 N–H and O–H groups in total. The zero-order chi connectivity index (χ0) is 37.0. The van der Waals surface area contributed by atoms with Crippen LogP contribution in [0.5, 0.6) is 0 Å². The number of aromatic amines is 2. The van der Waals surface area contributed by atoms with Crippen LogP contribution in [0.3, 0.4) is 0 Å². The highest BCUT2D eigenvalue weighted by Gasteiger charge is 2.37. The third kappa shape index (κ3) is 7.37. The summed E-state index contributed by atoms with van der Waals surface area (Å²) in [6.07, 6.45) is 6.14. The Morgan fingerprint density at radius 3 is 2.08 bits per heavy atom. The van der Waals surface area contributed by atoms with Gasteiger partial charge >= 0.3 is 11.9 Å². The van der Waals surface area contributed by atoms with Gasteiger partial charge in [-0.25, -0.2) is 9.78 Å². The maximum absolute atomic E-state index is 14.5. The molecule has 5 heterocycles. The summed E-state index contributed by atoms with van der Waals surface area (Å²) in [5, 5.41) is 3.13. The molecule has 51 heavy (non-hydrogen) atoms. The number of nitrogens with one attached hydrogen (secondary N) is 3. The van der Waals surface area contributed by atoms with Crippen LogP contribution in [0, 0.1) is 13.8 Å². The van der Waals surface area contributed by atoms with Gasteiger partial charge in [0.2, 0.25) is 0 Å². The Morgan fingerprint density at radius 1 is 0.824 bits per heavy atom. The number of aryl methyl sites for hydroxylation is 4. The van der Waals surface area contributed by atoms with E-state index in [2.05, 4.69) is 69.0 Å². The predicted octanol–water partition coefficient (Wildman–Crippen LogP) is 8.31. The van der Waals surface area contributed by atoms with Gasteiger partial charge in [-0.05, 0) is 92.5 Å². The Kier molecular flexibility index (Phi) is 11.8. The summed E-state index contributed by atoms with van der Waals surface area (Å²) in [5.74, 6) is -1.76. The van der Waals surface area contributed by atoms with Crippen molar-refractivity contribution in [1.82, 2.24) is 25.3 Å². The number of carbonyl (C=O) groups excluding carboxylic acids is 3. The molecule has 2 aliphatic heterocycles. The minimum absolute atomic E-state index is 0.148. The largest absolute Gasteiger partial charge is 0.469 e. The van der Waals surface area contributed by atoms with Crippen LogP contribution >= 0.6 is 0 Å². The molecule has 0 saturated carbocycles. The topological polar surface area (TPSA) is 139 Å². The fraction of sp³-hybridized carbons (Fsp3) is 0.488. The van der Waals surface area contributed by atoms with E-state index in [1.54, 1.807) is 0 Å². The molecule has 0 spiro atoms. The van der Waals surface area contributed by atoms with Gasteiger partial charge in [-0.15, -0.1) is 0 Å². The summed E-state index contributed by atoms with van der Waals surface area (Å²) < 4.78 is 10.3. The van der Waals surface area contributed by atoms with E-state index in [0.29, 0.717) is 29.9 Å². The Balaban J connectivity index is 1.95. The van der Waals surface area contributed by atoms with Crippen molar-refractivity contribution in [2.45, 2.75) is 112 Å². The SMILES string of the molecule is CCCCCCNC(=O)c1c2nc(cc3[nH]c(cc4[nH]c(cc5nc1[C@@H](CCC(=O)OC)[C@@H]5C)c(C)c4CC)c(C)c3CC)C(C)=C2C(=O)OC. The van der Waals surface area contributed by atoms with Crippen molar-refractivity contribution in [3.63, 3.8) is 0 Å². The summed E-state index contributed by atoms with van der Waals surface area (Å²) in [6, 6.07) is 6.20. The number of methoxy groups -OCH3 is 2. The summed E-state index contributed by atoms with van der Waals surface area (Å²) in [5.41, 5.74) is 11.6. The smallest absolute Gasteiger partial charge is 0.340 e. The molecule has 0 aliphatic carbocycles. The van der Waals surface area contributed by atoms with Crippen molar-refractivity contribution in [3.05, 3.63) is 68.8 Å². The number of unbranched alkanes of at least 4 members (excludes halogenated alkanes) is 3. The van der Waals surface area contributed by atoms with Crippen molar-refractivity contribution < 1.29 is 23.9 Å². The molecule has 10 nitrogen and oxygen atoms in total. The first-order chi connectivity index (χ1) is 24.5. The van der Waals surface area contributed by atoms with Gasteiger partial charge in [0.1, 0.15) is 0 Å². The number of fused-ring (bicyclic) bond motifs is 8. The minimum Gasteiger partial charge on any atom is -0.469 e. The van der Waals surface area contributed by atoms with Gasteiger partial charge < -0.3 is 24.8 Å². The van der Waals surface area contributed by atoms with E-state index in [0.717, 1.165) is 83.0 Å². The quantitative estimate of drug-likeness (QED) is 0.128. The normalized spacial score (nSPS) is 15.6. The Morgan fingerprint density at radius 2 is 1.47 bits per heavy atom. The molecule has 272 valence electrons. The summed E-state index contributed by atoms with van der Waals surface area (Å²) in [7, 11) is 2.71. The van der Waals surface area contributed by atoms with Gasteiger partial charge in [-0.3, -0.25) is 14.6 Å². The van der Waals surface area contributed by atoms with Crippen molar-refractivity contribution >= 4 is 51.1 Å². The van der Waals surface area contributed by atoms with Crippen LogP contribution in [0.15, 0.2) is 18.2 Å². The third-order valence-electron chi connectivity index (χ3n) is 10.7. The molecule has 0 saturated heterocycles. The number of ether oxygens (including phenoxy) is 2. The van der Waals surface area contributed by atoms with Gasteiger partial charge in [0, 0.05) is 52.6 Å². The number of rotatable bonds is 12. The molecule has 3 aromatic rings. The Bertz CT molecular complexity index is 2040. The second kappa shape index (κ2) is 16.1. The molecule has 3 aromatic heterocycles. The molecule has 1 amide bonds. The number of nitrogens with zero attached hydrogens (tertiary/aromatic N) is 2. The number of carbonyl (C=O) groups is 3. The van der Waals surface area contributed by atoms with Crippen LogP contribution in [0.2, 0.25) is 0 Å². The van der Waals surface area contributed by atoms with E-state index in [4.69, 9.17) is 19.4 Å². The van der Waals surface area contributed by atoms with Crippen molar-refractivity contribution in [3.8, 4) is 0 Å². The molecule has 5 rings (SSSR count). The lowest BCUT2D eigenvalue weighted by Gasteiger charge is -2.18. The highest BCUT2D eigenvalue weighted by molar-refractivity contribution is 6.27. The van der Waals surface area contributed by atoms with Crippen molar-refractivity contribution in [1.29, 1.82) is 0 Å². The van der Waals surface area contributed by atoms with Crippen LogP contribution in [-0.2, 0) is 31.9 Å². The molecule has 0 aromatic carbocycles. The van der Waals surface area contributed by atoms with Gasteiger partial charge in [0.25, 0.3) is 5.91 Å². The van der Waals surface area contributed by atoms with Gasteiger partial charge in [0.05, 0.1) is 42.4 Å². The van der Waals surface area contributed by atoms with E-state index >= 15 is 0 Å². The van der Waals surface area contributed by atoms with Gasteiger partial charge in [-0.2, -0.15) is 0 Å². The van der Waals surface area contributed by atoms with Crippen LogP contribution in [0.4, 0.5) is 0 Å². The fourth-order valence-corrected chi connectivity index (χ4v) is 7.59. The van der Waals surface area contributed by atoms with Crippen LogP contribution in [-0.4, -0.2) is 58.5 Å². The second-order valence-corrected chi connectivity index (χ2v) is 13.7. The van der Waals surface area contributed by atoms with Crippen molar-refractivity contribution in [2.24, 2.45) is 0 Å².